The molecule has 0 atom stereocenters. The van der Waals surface area contributed by atoms with Crippen molar-refractivity contribution in [3.8, 4) is 0 Å². The Bertz CT molecular complexity index is 682. The van der Waals surface area contributed by atoms with E-state index in [-0.39, 0.29) is 11.7 Å². The molecule has 1 saturated heterocycles. The Balaban J connectivity index is 1.50. The fourth-order valence-corrected chi connectivity index (χ4v) is 2.75. The lowest BCUT2D eigenvalue weighted by Gasteiger charge is -2.28. The number of hydrogen-bond acceptors (Lipinski definition) is 3. The molecule has 1 aliphatic rings. The highest BCUT2D eigenvalue weighted by molar-refractivity contribution is 5.91. The normalized spacial score (nSPS) is 14.5. The van der Waals surface area contributed by atoms with Crippen LogP contribution in [0.5, 0.6) is 0 Å². The molecule has 1 fully saturated rings. The Morgan fingerprint density at radius 1 is 1.12 bits per heavy atom. The van der Waals surface area contributed by atoms with E-state index in [4.69, 9.17) is 4.74 Å². The molecule has 5 heteroatoms. The first-order valence-corrected chi connectivity index (χ1v) is 8.18. The topological polar surface area (TPSA) is 41.6 Å². The van der Waals surface area contributed by atoms with Gasteiger partial charge >= 0.3 is 0 Å². The van der Waals surface area contributed by atoms with Gasteiger partial charge in [-0.05, 0) is 48.4 Å². The van der Waals surface area contributed by atoms with Crippen molar-refractivity contribution < 1.29 is 13.9 Å². The zero-order chi connectivity index (χ0) is 16.8. The third-order valence-electron chi connectivity index (χ3n) is 4.06. The summed E-state index contributed by atoms with van der Waals surface area (Å²) in [5.74, 6) is -0.343. The number of carbonyl (C=O) groups excluding carboxylic acids is 1. The molecule has 126 valence electrons. The van der Waals surface area contributed by atoms with Gasteiger partial charge in [0.25, 0.3) is 0 Å². The van der Waals surface area contributed by atoms with E-state index in [0.29, 0.717) is 12.8 Å². The molecule has 0 unspecified atom stereocenters. The summed E-state index contributed by atoms with van der Waals surface area (Å²) < 4.78 is 18.5. The first-order valence-electron chi connectivity index (χ1n) is 8.18. The highest BCUT2D eigenvalue weighted by Crippen LogP contribution is 2.19. The maximum absolute atomic E-state index is 13.1. The van der Waals surface area contributed by atoms with Crippen molar-refractivity contribution >= 4 is 17.3 Å². The van der Waals surface area contributed by atoms with Gasteiger partial charge in [-0.3, -0.25) is 4.79 Å². The number of nitrogens with one attached hydrogen (secondary N) is 1. The fourth-order valence-electron chi connectivity index (χ4n) is 2.75. The van der Waals surface area contributed by atoms with Crippen LogP contribution in [0.15, 0.2) is 48.5 Å². The minimum atomic E-state index is -0.272. The largest absolute Gasteiger partial charge is 0.378 e. The van der Waals surface area contributed by atoms with Gasteiger partial charge in [-0.2, -0.15) is 0 Å². The maximum atomic E-state index is 13.1. The summed E-state index contributed by atoms with van der Waals surface area (Å²) in [5, 5.41) is 2.88. The number of hydrogen-bond donors (Lipinski definition) is 1. The van der Waals surface area contributed by atoms with Gasteiger partial charge < -0.3 is 15.0 Å². The summed E-state index contributed by atoms with van der Waals surface area (Å²) in [5.41, 5.74) is 2.74. The number of aryl methyl sites for hydroxylation is 1. The van der Waals surface area contributed by atoms with Gasteiger partial charge in [-0.25, -0.2) is 4.39 Å². The van der Waals surface area contributed by atoms with Crippen molar-refractivity contribution in [1.29, 1.82) is 0 Å². The predicted octanol–water partition coefficient (Wildman–Crippen LogP) is 3.23. The number of benzene rings is 2. The summed E-state index contributed by atoms with van der Waals surface area (Å²) in [6, 6.07) is 14.2. The van der Waals surface area contributed by atoms with Crippen LogP contribution >= 0.6 is 0 Å². The average Bonchev–Trinajstić information content (AvgIpc) is 2.61. The molecule has 2 aromatic carbocycles. The second kappa shape index (κ2) is 7.93. The number of ether oxygens (including phenoxy) is 1. The molecule has 0 aliphatic carbocycles. The van der Waals surface area contributed by atoms with Crippen LogP contribution in [0.2, 0.25) is 0 Å². The van der Waals surface area contributed by atoms with E-state index in [2.05, 4.69) is 10.2 Å². The third-order valence-corrected chi connectivity index (χ3v) is 4.06. The molecule has 3 rings (SSSR count). The van der Waals surface area contributed by atoms with Gasteiger partial charge in [-0.15, -0.1) is 0 Å². The van der Waals surface area contributed by atoms with Gasteiger partial charge in [-0.1, -0.05) is 12.1 Å². The highest BCUT2D eigenvalue weighted by Gasteiger charge is 2.11. The van der Waals surface area contributed by atoms with Crippen molar-refractivity contribution in [3.63, 3.8) is 0 Å². The molecule has 0 spiro atoms. The zero-order valence-corrected chi connectivity index (χ0v) is 13.5. The molecule has 1 amide bonds. The first-order chi connectivity index (χ1) is 11.7. The van der Waals surface area contributed by atoms with Crippen LogP contribution in [0.3, 0.4) is 0 Å². The van der Waals surface area contributed by atoms with Crippen LogP contribution in [-0.2, 0) is 16.0 Å². The van der Waals surface area contributed by atoms with E-state index in [9.17, 15) is 9.18 Å². The number of halogens is 1. The summed E-state index contributed by atoms with van der Waals surface area (Å²) in [4.78, 5) is 14.3. The van der Waals surface area contributed by atoms with Crippen LogP contribution in [-0.4, -0.2) is 32.2 Å². The minimum absolute atomic E-state index is 0.0709. The molecule has 1 aliphatic heterocycles. The van der Waals surface area contributed by atoms with Crippen LogP contribution < -0.4 is 10.2 Å². The summed E-state index contributed by atoms with van der Waals surface area (Å²) >= 11 is 0. The fraction of sp³-hybridized carbons (Fsp3) is 0.316. The Kier molecular flexibility index (Phi) is 5.43. The van der Waals surface area contributed by atoms with Crippen LogP contribution in [0.25, 0.3) is 0 Å². The average molecular weight is 328 g/mol. The predicted molar refractivity (Wildman–Crippen MR) is 92.8 cm³/mol. The smallest absolute Gasteiger partial charge is 0.224 e. The van der Waals surface area contributed by atoms with E-state index < -0.39 is 0 Å². The minimum Gasteiger partial charge on any atom is -0.378 e. The monoisotopic (exact) mass is 328 g/mol. The summed E-state index contributed by atoms with van der Waals surface area (Å²) in [6.45, 7) is 3.27. The number of carbonyl (C=O) groups is 1. The van der Waals surface area contributed by atoms with E-state index in [1.807, 2.05) is 30.3 Å². The summed E-state index contributed by atoms with van der Waals surface area (Å²) in [7, 11) is 0. The standard InChI is InChI=1S/C19H21FN2O2/c20-16-3-1-2-15(14-16)4-9-19(23)21-17-5-7-18(8-6-17)22-10-12-24-13-11-22/h1-3,5-8,14H,4,9-13H2,(H,21,23). The molecule has 0 bridgehead atoms. The van der Waals surface area contributed by atoms with E-state index in [0.717, 1.165) is 43.2 Å². The molecule has 1 heterocycles. The lowest BCUT2D eigenvalue weighted by Crippen LogP contribution is -2.36. The maximum Gasteiger partial charge on any atom is 0.224 e. The Hall–Kier alpha value is -2.40. The van der Waals surface area contributed by atoms with E-state index in [1.165, 1.54) is 12.1 Å². The molecule has 0 saturated carbocycles. The van der Waals surface area contributed by atoms with Gasteiger partial charge in [0.2, 0.25) is 5.91 Å². The molecule has 4 nitrogen and oxygen atoms in total. The SMILES string of the molecule is O=C(CCc1cccc(F)c1)Nc1ccc(N2CCOCC2)cc1. The number of nitrogens with zero attached hydrogens (tertiary/aromatic N) is 1. The van der Waals surface area contributed by atoms with Crippen LogP contribution in [0.1, 0.15) is 12.0 Å². The molecule has 0 radical (unpaired) electrons. The molecular formula is C19H21FN2O2. The number of morpholine rings is 1. The molecule has 1 N–H and O–H groups in total. The first kappa shape index (κ1) is 16.5. The van der Waals surface area contributed by atoms with E-state index in [1.54, 1.807) is 6.07 Å². The Morgan fingerprint density at radius 3 is 2.58 bits per heavy atom. The van der Waals surface area contributed by atoms with Gasteiger partial charge in [0.15, 0.2) is 0 Å². The lowest BCUT2D eigenvalue weighted by molar-refractivity contribution is -0.116. The molecule has 2 aromatic rings. The zero-order valence-electron chi connectivity index (χ0n) is 13.5. The second-order valence-electron chi connectivity index (χ2n) is 5.82. The van der Waals surface area contributed by atoms with Gasteiger partial charge in [0.1, 0.15) is 5.82 Å². The number of anilines is 2. The molecule has 24 heavy (non-hydrogen) atoms. The molecule has 0 aromatic heterocycles. The molecular weight excluding hydrogens is 307 g/mol. The van der Waals surface area contributed by atoms with Crippen molar-refractivity contribution in [1.82, 2.24) is 0 Å². The van der Waals surface area contributed by atoms with Crippen LogP contribution in [0, 0.1) is 5.82 Å². The van der Waals surface area contributed by atoms with Crippen molar-refractivity contribution in [3.05, 3.63) is 59.9 Å². The van der Waals surface area contributed by atoms with Crippen molar-refractivity contribution in [2.24, 2.45) is 0 Å². The van der Waals surface area contributed by atoms with Crippen LogP contribution in [0.4, 0.5) is 15.8 Å². The third kappa shape index (κ3) is 4.55. The van der Waals surface area contributed by atoms with Gasteiger partial charge in [0, 0.05) is 30.9 Å². The second-order valence-corrected chi connectivity index (χ2v) is 5.82. The summed E-state index contributed by atoms with van der Waals surface area (Å²) in [6.07, 6.45) is 0.851. The van der Waals surface area contributed by atoms with Gasteiger partial charge in [0.05, 0.1) is 13.2 Å². The Morgan fingerprint density at radius 2 is 1.88 bits per heavy atom. The van der Waals surface area contributed by atoms with Crippen molar-refractivity contribution in [2.45, 2.75) is 12.8 Å². The number of amides is 1. The highest BCUT2D eigenvalue weighted by atomic mass is 19.1. The number of rotatable bonds is 5. The van der Waals surface area contributed by atoms with E-state index >= 15 is 0 Å². The Labute approximate surface area is 141 Å². The quantitative estimate of drug-likeness (QED) is 0.916. The lowest BCUT2D eigenvalue weighted by atomic mass is 10.1. The van der Waals surface area contributed by atoms with Crippen molar-refractivity contribution in [2.75, 3.05) is 36.5 Å².